The fourth-order valence-corrected chi connectivity index (χ4v) is 1.43. The Balaban J connectivity index is 2.20. The van der Waals surface area contributed by atoms with Crippen LogP contribution in [0.15, 0.2) is 18.2 Å². The number of unbranched alkanes of at least 4 members (excludes halogenated alkanes) is 2. The fraction of sp³-hybridized carbons (Fsp3) is 0.417. The molecule has 1 aromatic carbocycles. The normalized spacial score (nSPS) is 10.2. The van der Waals surface area contributed by atoms with E-state index in [4.69, 9.17) is 5.11 Å². The molecule has 17 heavy (non-hydrogen) atoms. The first-order valence-corrected chi connectivity index (χ1v) is 5.50. The van der Waals surface area contributed by atoms with Crippen molar-refractivity contribution in [3.05, 3.63) is 29.8 Å². The van der Waals surface area contributed by atoms with Gasteiger partial charge in [0.2, 0.25) is 0 Å². The van der Waals surface area contributed by atoms with Gasteiger partial charge in [-0.15, -0.1) is 0 Å². The molecule has 3 nitrogen and oxygen atoms in total. The summed E-state index contributed by atoms with van der Waals surface area (Å²) in [6.45, 7) is 0.544. The summed E-state index contributed by atoms with van der Waals surface area (Å²) in [7, 11) is 0. The Kier molecular flexibility index (Phi) is 5.39. The third-order valence-electron chi connectivity index (χ3n) is 2.31. The molecule has 0 heterocycles. The van der Waals surface area contributed by atoms with E-state index in [2.05, 4.69) is 5.32 Å². The monoisotopic (exact) mass is 243 g/mol. The molecule has 0 unspecified atom stereocenters. The minimum atomic E-state index is -0.803. The Bertz CT molecular complexity index is 383. The molecule has 0 fully saturated rings. The van der Waals surface area contributed by atoms with Crippen LogP contribution >= 0.6 is 0 Å². The minimum Gasteiger partial charge on any atom is -0.481 e. The molecule has 0 atom stereocenters. The topological polar surface area (TPSA) is 49.3 Å². The van der Waals surface area contributed by atoms with Gasteiger partial charge in [-0.25, -0.2) is 8.78 Å². The first-order chi connectivity index (χ1) is 8.09. The Morgan fingerprint density at radius 2 is 2.00 bits per heavy atom. The van der Waals surface area contributed by atoms with E-state index in [-0.39, 0.29) is 12.1 Å². The van der Waals surface area contributed by atoms with Crippen molar-refractivity contribution in [2.45, 2.75) is 25.7 Å². The molecule has 0 spiro atoms. The summed E-state index contributed by atoms with van der Waals surface area (Å²) in [5.41, 5.74) is 0.268. The van der Waals surface area contributed by atoms with Gasteiger partial charge in [0.05, 0.1) is 5.69 Å². The summed E-state index contributed by atoms with van der Waals surface area (Å²) in [5.74, 6) is -2.02. The van der Waals surface area contributed by atoms with Gasteiger partial charge in [0.25, 0.3) is 0 Å². The molecule has 0 aliphatic carbocycles. The number of nitrogens with one attached hydrogen (secondary N) is 1. The highest BCUT2D eigenvalue weighted by Crippen LogP contribution is 2.14. The maximum Gasteiger partial charge on any atom is 0.303 e. The predicted octanol–water partition coefficient (Wildman–Crippen LogP) is 3.02. The van der Waals surface area contributed by atoms with Crippen LogP contribution in [0.2, 0.25) is 0 Å². The van der Waals surface area contributed by atoms with Gasteiger partial charge in [0.15, 0.2) is 0 Å². The Morgan fingerprint density at radius 1 is 1.24 bits per heavy atom. The Hall–Kier alpha value is -1.65. The van der Waals surface area contributed by atoms with Gasteiger partial charge in [-0.3, -0.25) is 4.79 Å². The average Bonchev–Trinajstić information content (AvgIpc) is 2.25. The summed E-state index contributed by atoms with van der Waals surface area (Å²) >= 11 is 0. The molecule has 0 aromatic heterocycles. The maximum absolute atomic E-state index is 13.2. The maximum atomic E-state index is 13.2. The molecule has 0 bridgehead atoms. The molecule has 0 radical (unpaired) electrons. The van der Waals surface area contributed by atoms with Crippen LogP contribution in [0.4, 0.5) is 14.5 Å². The summed E-state index contributed by atoms with van der Waals surface area (Å²) in [4.78, 5) is 10.2. The number of carboxylic acid groups (broad SMARTS) is 1. The third-order valence-corrected chi connectivity index (χ3v) is 2.31. The van der Waals surface area contributed by atoms with Gasteiger partial charge in [0, 0.05) is 19.0 Å². The van der Waals surface area contributed by atoms with Crippen LogP contribution in [-0.4, -0.2) is 17.6 Å². The number of carboxylic acids is 1. The zero-order valence-corrected chi connectivity index (χ0v) is 9.38. The molecule has 0 saturated heterocycles. The largest absolute Gasteiger partial charge is 0.481 e. The number of halogens is 2. The van der Waals surface area contributed by atoms with Crippen LogP contribution in [0, 0.1) is 11.6 Å². The van der Waals surface area contributed by atoms with Crippen LogP contribution in [0.5, 0.6) is 0 Å². The quantitative estimate of drug-likeness (QED) is 0.724. The first kappa shape index (κ1) is 13.4. The first-order valence-electron chi connectivity index (χ1n) is 5.50. The van der Waals surface area contributed by atoms with Crippen molar-refractivity contribution in [3.63, 3.8) is 0 Å². The highest BCUT2D eigenvalue weighted by atomic mass is 19.1. The zero-order valence-electron chi connectivity index (χ0n) is 9.38. The molecular formula is C12H15F2NO2. The number of benzene rings is 1. The average molecular weight is 243 g/mol. The van der Waals surface area contributed by atoms with Crippen LogP contribution in [0.25, 0.3) is 0 Å². The molecule has 0 amide bonds. The van der Waals surface area contributed by atoms with Crippen molar-refractivity contribution in [1.82, 2.24) is 0 Å². The van der Waals surface area contributed by atoms with Crippen molar-refractivity contribution >= 4 is 11.7 Å². The fourth-order valence-electron chi connectivity index (χ4n) is 1.43. The second-order valence-corrected chi connectivity index (χ2v) is 3.76. The van der Waals surface area contributed by atoms with E-state index in [1.165, 1.54) is 12.1 Å². The molecule has 2 N–H and O–H groups in total. The van der Waals surface area contributed by atoms with Gasteiger partial charge < -0.3 is 10.4 Å². The summed E-state index contributed by atoms with van der Waals surface area (Å²) in [5, 5.41) is 11.2. The lowest BCUT2D eigenvalue weighted by molar-refractivity contribution is -0.137. The summed E-state index contributed by atoms with van der Waals surface area (Å²) in [6.07, 6.45) is 2.29. The highest BCUT2D eigenvalue weighted by molar-refractivity contribution is 5.66. The molecular weight excluding hydrogens is 228 g/mol. The van der Waals surface area contributed by atoms with Gasteiger partial charge in [-0.1, -0.05) is 6.42 Å². The lowest BCUT2D eigenvalue weighted by Crippen LogP contribution is -2.04. The van der Waals surface area contributed by atoms with Crippen molar-refractivity contribution < 1.29 is 18.7 Å². The standard InChI is InChI=1S/C12H15F2NO2/c13-9-5-6-11(10(14)8-9)15-7-3-1-2-4-12(16)17/h5-6,8,15H,1-4,7H2,(H,16,17). The van der Waals surface area contributed by atoms with Crippen LogP contribution < -0.4 is 5.32 Å². The van der Waals surface area contributed by atoms with E-state index in [1.54, 1.807) is 0 Å². The highest BCUT2D eigenvalue weighted by Gasteiger charge is 2.02. The molecule has 1 rings (SSSR count). The Morgan fingerprint density at radius 3 is 2.65 bits per heavy atom. The number of anilines is 1. The Labute approximate surface area is 98.5 Å². The summed E-state index contributed by atoms with van der Waals surface area (Å²) < 4.78 is 25.7. The number of hydrogen-bond donors (Lipinski definition) is 2. The molecule has 0 aliphatic rings. The van der Waals surface area contributed by atoms with Crippen molar-refractivity contribution in [2.24, 2.45) is 0 Å². The van der Waals surface area contributed by atoms with Gasteiger partial charge >= 0.3 is 5.97 Å². The molecule has 94 valence electrons. The number of rotatable bonds is 7. The van der Waals surface area contributed by atoms with E-state index >= 15 is 0 Å². The van der Waals surface area contributed by atoms with Crippen LogP contribution in [0.1, 0.15) is 25.7 Å². The second-order valence-electron chi connectivity index (χ2n) is 3.76. The number of hydrogen-bond acceptors (Lipinski definition) is 2. The van der Waals surface area contributed by atoms with E-state index in [0.717, 1.165) is 18.9 Å². The summed E-state index contributed by atoms with van der Waals surface area (Å²) in [6, 6.07) is 3.37. The lowest BCUT2D eigenvalue weighted by atomic mass is 10.2. The molecule has 5 heteroatoms. The molecule has 0 saturated carbocycles. The second kappa shape index (κ2) is 6.83. The van der Waals surface area contributed by atoms with E-state index in [0.29, 0.717) is 13.0 Å². The zero-order chi connectivity index (χ0) is 12.7. The predicted molar refractivity (Wildman–Crippen MR) is 61.0 cm³/mol. The molecule has 0 aliphatic heterocycles. The van der Waals surface area contributed by atoms with Crippen molar-refractivity contribution in [1.29, 1.82) is 0 Å². The lowest BCUT2D eigenvalue weighted by Gasteiger charge is -2.07. The van der Waals surface area contributed by atoms with Gasteiger partial charge in [-0.2, -0.15) is 0 Å². The van der Waals surface area contributed by atoms with Crippen LogP contribution in [-0.2, 0) is 4.79 Å². The minimum absolute atomic E-state index is 0.158. The SMILES string of the molecule is O=C(O)CCCCCNc1ccc(F)cc1F. The third kappa shape index (κ3) is 5.29. The van der Waals surface area contributed by atoms with Crippen molar-refractivity contribution in [3.8, 4) is 0 Å². The van der Waals surface area contributed by atoms with Gasteiger partial charge in [0.1, 0.15) is 11.6 Å². The van der Waals surface area contributed by atoms with Crippen molar-refractivity contribution in [2.75, 3.05) is 11.9 Å². The van der Waals surface area contributed by atoms with Crippen LogP contribution in [0.3, 0.4) is 0 Å². The number of aliphatic carboxylic acids is 1. The van der Waals surface area contributed by atoms with E-state index in [1.807, 2.05) is 0 Å². The van der Waals surface area contributed by atoms with Gasteiger partial charge in [-0.05, 0) is 25.0 Å². The van der Waals surface area contributed by atoms with E-state index in [9.17, 15) is 13.6 Å². The number of carbonyl (C=O) groups is 1. The molecule has 1 aromatic rings. The smallest absolute Gasteiger partial charge is 0.303 e. The van der Waals surface area contributed by atoms with E-state index < -0.39 is 17.6 Å².